The summed E-state index contributed by atoms with van der Waals surface area (Å²) in [6.45, 7) is 4.73. The molecule has 33 heavy (non-hydrogen) atoms. The van der Waals surface area contributed by atoms with Gasteiger partial charge in [0.2, 0.25) is 0 Å². The van der Waals surface area contributed by atoms with Gasteiger partial charge in [-0.25, -0.2) is 0 Å². The molecular weight excluding hydrogens is 484 g/mol. The van der Waals surface area contributed by atoms with Gasteiger partial charge in [0, 0.05) is 34.2 Å². The monoisotopic (exact) mass is 504 g/mol. The first-order valence-corrected chi connectivity index (χ1v) is 11.4. The molecule has 0 radical (unpaired) electrons. The molecule has 2 heterocycles. The van der Waals surface area contributed by atoms with Gasteiger partial charge in [-0.1, -0.05) is 34.1 Å². The number of nitrogens with zero attached hydrogens (tertiary/aromatic N) is 4. The van der Waals surface area contributed by atoms with Crippen LogP contribution in [0.15, 0.2) is 75.1 Å². The first-order valence-electron chi connectivity index (χ1n) is 10.7. The van der Waals surface area contributed by atoms with E-state index >= 15 is 0 Å². The zero-order valence-electron chi connectivity index (χ0n) is 18.0. The highest BCUT2D eigenvalue weighted by atomic mass is 79.9. The summed E-state index contributed by atoms with van der Waals surface area (Å²) in [7, 11) is 0. The predicted molar refractivity (Wildman–Crippen MR) is 134 cm³/mol. The molecule has 0 bridgehead atoms. The van der Waals surface area contributed by atoms with Crippen molar-refractivity contribution in [2.45, 2.75) is 6.92 Å². The topological polar surface area (TPSA) is 76.8 Å². The predicted octanol–water partition coefficient (Wildman–Crippen LogP) is 5.36. The number of anilines is 1. The van der Waals surface area contributed by atoms with E-state index in [1.807, 2.05) is 49.4 Å². The van der Waals surface area contributed by atoms with Crippen molar-refractivity contribution < 1.29 is 4.74 Å². The average molecular weight is 505 g/mol. The van der Waals surface area contributed by atoms with Crippen LogP contribution in [0.3, 0.4) is 0 Å². The molecule has 1 aliphatic heterocycles. The Labute approximate surface area is 198 Å². The second kappa shape index (κ2) is 8.88. The Kier molecular flexibility index (Phi) is 5.78. The van der Waals surface area contributed by atoms with Crippen LogP contribution in [0.4, 0.5) is 11.4 Å². The second-order valence-corrected chi connectivity index (χ2v) is 8.91. The molecule has 0 amide bonds. The van der Waals surface area contributed by atoms with Crippen molar-refractivity contribution in [1.29, 1.82) is 0 Å². The van der Waals surface area contributed by atoms with Gasteiger partial charge in [-0.15, -0.1) is 4.91 Å². The fourth-order valence-corrected chi connectivity index (χ4v) is 4.82. The van der Waals surface area contributed by atoms with Crippen molar-refractivity contribution in [2.75, 3.05) is 31.2 Å². The minimum Gasteiger partial charge on any atom is -0.378 e. The third kappa shape index (κ3) is 4.07. The summed E-state index contributed by atoms with van der Waals surface area (Å²) in [5, 5.41) is 9.22. The van der Waals surface area contributed by atoms with Gasteiger partial charge in [-0.2, -0.15) is 9.78 Å². The molecule has 1 aromatic heterocycles. The molecule has 3 aromatic carbocycles. The molecule has 7 nitrogen and oxygen atoms in total. The quantitative estimate of drug-likeness (QED) is 0.349. The molecule has 4 aromatic rings. The number of fused-ring (bicyclic) bond motifs is 1. The lowest BCUT2D eigenvalue weighted by atomic mass is 10.0. The van der Waals surface area contributed by atoms with Crippen molar-refractivity contribution in [1.82, 2.24) is 9.78 Å². The van der Waals surface area contributed by atoms with Crippen molar-refractivity contribution in [3.63, 3.8) is 0 Å². The van der Waals surface area contributed by atoms with Crippen LogP contribution >= 0.6 is 15.9 Å². The molecule has 1 aliphatic rings. The van der Waals surface area contributed by atoms with Gasteiger partial charge >= 0.3 is 0 Å². The number of ether oxygens (including phenoxy) is 1. The largest absolute Gasteiger partial charge is 0.378 e. The Morgan fingerprint density at radius 3 is 2.48 bits per heavy atom. The van der Waals surface area contributed by atoms with Crippen LogP contribution in [0.1, 0.15) is 5.56 Å². The molecule has 8 heteroatoms. The molecular formula is C25H21BrN4O3. The maximum Gasteiger partial charge on any atom is 0.279 e. The van der Waals surface area contributed by atoms with E-state index in [1.54, 1.807) is 18.2 Å². The van der Waals surface area contributed by atoms with Gasteiger partial charge in [-0.05, 0) is 60.1 Å². The van der Waals surface area contributed by atoms with Crippen molar-refractivity contribution in [2.24, 2.45) is 5.18 Å². The van der Waals surface area contributed by atoms with E-state index in [4.69, 9.17) is 9.84 Å². The number of benzene rings is 3. The Morgan fingerprint density at radius 2 is 1.76 bits per heavy atom. The average Bonchev–Trinajstić information content (AvgIpc) is 2.84. The zero-order chi connectivity index (χ0) is 22.9. The first-order chi connectivity index (χ1) is 16.0. The molecule has 0 spiro atoms. The van der Waals surface area contributed by atoms with E-state index in [-0.39, 0.29) is 11.2 Å². The van der Waals surface area contributed by atoms with Gasteiger partial charge in [-0.3, -0.25) is 4.79 Å². The van der Waals surface area contributed by atoms with Crippen molar-refractivity contribution in [3.8, 4) is 16.9 Å². The summed E-state index contributed by atoms with van der Waals surface area (Å²) in [6, 6.07) is 18.7. The molecule has 5 rings (SSSR count). The Bertz CT molecular complexity index is 1410. The lowest BCUT2D eigenvalue weighted by Gasteiger charge is -2.29. The van der Waals surface area contributed by atoms with Crippen molar-refractivity contribution in [3.05, 3.63) is 86.0 Å². The summed E-state index contributed by atoms with van der Waals surface area (Å²) >= 11 is 3.56. The van der Waals surface area contributed by atoms with E-state index in [0.717, 1.165) is 39.8 Å². The molecule has 0 unspecified atom stereocenters. The van der Waals surface area contributed by atoms with Crippen LogP contribution in [0.5, 0.6) is 0 Å². The summed E-state index contributed by atoms with van der Waals surface area (Å²) in [4.78, 5) is 27.3. The third-order valence-corrected chi connectivity index (χ3v) is 6.24. The number of morpholine rings is 1. The van der Waals surface area contributed by atoms with E-state index in [2.05, 4.69) is 26.0 Å². The number of halogens is 1. The number of hydrogen-bond donors (Lipinski definition) is 0. The van der Waals surface area contributed by atoms with Crippen molar-refractivity contribution >= 4 is 38.1 Å². The molecule has 0 aliphatic carbocycles. The summed E-state index contributed by atoms with van der Waals surface area (Å²) < 4.78 is 7.67. The normalized spacial score (nSPS) is 13.9. The van der Waals surface area contributed by atoms with Gasteiger partial charge in [0.05, 0.1) is 24.3 Å². The smallest absolute Gasteiger partial charge is 0.279 e. The lowest BCUT2D eigenvalue weighted by molar-refractivity contribution is 0.122. The molecule has 0 atom stereocenters. The molecule has 0 saturated carbocycles. The Hall–Kier alpha value is -3.36. The number of hydrogen-bond acceptors (Lipinski definition) is 6. The highest BCUT2D eigenvalue weighted by Gasteiger charge is 2.19. The highest BCUT2D eigenvalue weighted by Crippen LogP contribution is 2.32. The summed E-state index contributed by atoms with van der Waals surface area (Å²) in [6.07, 6.45) is 0. The first kappa shape index (κ1) is 21.5. The summed E-state index contributed by atoms with van der Waals surface area (Å²) in [5.41, 5.74) is 3.70. The van der Waals surface area contributed by atoms with Crippen LogP contribution in [-0.4, -0.2) is 36.1 Å². The van der Waals surface area contributed by atoms with Gasteiger partial charge in [0.1, 0.15) is 11.4 Å². The van der Waals surface area contributed by atoms with E-state index in [0.29, 0.717) is 30.0 Å². The van der Waals surface area contributed by atoms with Crippen LogP contribution in [-0.2, 0) is 4.74 Å². The number of rotatable bonds is 4. The Balaban J connectivity index is 1.78. The lowest BCUT2D eigenvalue weighted by Crippen LogP contribution is -2.36. The zero-order valence-corrected chi connectivity index (χ0v) is 19.6. The van der Waals surface area contributed by atoms with Crippen LogP contribution in [0, 0.1) is 11.8 Å². The van der Waals surface area contributed by atoms with Crippen LogP contribution < -0.4 is 10.5 Å². The molecule has 0 N–H and O–H groups in total. The number of aryl methyl sites for hydroxylation is 1. The maximum atomic E-state index is 13.5. The van der Waals surface area contributed by atoms with E-state index in [9.17, 15) is 9.70 Å². The number of nitroso groups, excluding NO2 is 1. The van der Waals surface area contributed by atoms with E-state index in [1.165, 1.54) is 4.68 Å². The van der Waals surface area contributed by atoms with Gasteiger partial charge in [0.15, 0.2) is 0 Å². The van der Waals surface area contributed by atoms with E-state index < -0.39 is 0 Å². The van der Waals surface area contributed by atoms with Crippen LogP contribution in [0.2, 0.25) is 0 Å². The molecule has 166 valence electrons. The Morgan fingerprint density at radius 1 is 1.00 bits per heavy atom. The third-order valence-electron chi connectivity index (χ3n) is 5.78. The fourth-order valence-electron chi connectivity index (χ4n) is 4.22. The molecule has 1 fully saturated rings. The SMILES string of the molecule is Cc1cc(Br)cc(-c2nn(-c3cc(N4CCOCC4)ccc3N=O)c(=O)c3ccccc23)c1. The fraction of sp³-hybridized carbons (Fsp3) is 0.200. The molecule has 1 saturated heterocycles. The van der Waals surface area contributed by atoms with Crippen LogP contribution in [0.25, 0.3) is 27.7 Å². The minimum atomic E-state index is -0.301. The minimum absolute atomic E-state index is 0.160. The maximum absolute atomic E-state index is 13.5. The van der Waals surface area contributed by atoms with Gasteiger partial charge in [0.25, 0.3) is 5.56 Å². The second-order valence-electron chi connectivity index (χ2n) is 7.99. The van der Waals surface area contributed by atoms with Gasteiger partial charge < -0.3 is 9.64 Å². The highest BCUT2D eigenvalue weighted by molar-refractivity contribution is 9.10. The standard InChI is InChI=1S/C25H21BrN4O3/c1-16-12-17(14-18(26)13-16)24-20-4-2-3-5-21(20)25(31)30(27-24)23-15-19(6-7-22(23)28-32)29-8-10-33-11-9-29/h2-7,12-15H,8-11H2,1H3. The number of aromatic nitrogens is 2. The summed E-state index contributed by atoms with van der Waals surface area (Å²) in [5.74, 6) is 0.